The van der Waals surface area contributed by atoms with E-state index in [-0.39, 0.29) is 0 Å². The van der Waals surface area contributed by atoms with Crippen molar-refractivity contribution in [2.45, 2.75) is 84.0 Å². The highest BCUT2D eigenvalue weighted by molar-refractivity contribution is 4.60. The van der Waals surface area contributed by atoms with Crippen molar-refractivity contribution in [1.82, 2.24) is 0 Å². The Morgan fingerprint density at radius 1 is 0.500 bits per heavy atom. The fourth-order valence-corrected chi connectivity index (χ4v) is 2.54. The van der Waals surface area contributed by atoms with Crippen LogP contribution in [0.4, 0.5) is 0 Å². The molecule has 0 aromatic carbocycles. The summed E-state index contributed by atoms with van der Waals surface area (Å²) in [4.78, 5) is 0. The lowest BCUT2D eigenvalue weighted by molar-refractivity contribution is 0.504. The van der Waals surface area contributed by atoms with Gasteiger partial charge in [0.2, 0.25) is 0 Å². The van der Waals surface area contributed by atoms with E-state index < -0.39 is 0 Å². The minimum Gasteiger partial charge on any atom is -0.0625 e. The molecule has 2 aliphatic rings. The summed E-state index contributed by atoms with van der Waals surface area (Å²) in [6.45, 7) is 2.34. The van der Waals surface area contributed by atoms with Crippen LogP contribution in [0, 0.1) is 5.92 Å². The molecule has 0 heteroatoms. The van der Waals surface area contributed by atoms with Gasteiger partial charge in [-0.1, -0.05) is 84.0 Å². The molecular formula is C14H28. The smallest absolute Gasteiger partial charge is 0.0443 e. The van der Waals surface area contributed by atoms with Crippen LogP contribution >= 0.6 is 0 Å². The van der Waals surface area contributed by atoms with Gasteiger partial charge in [0, 0.05) is 0 Å². The first kappa shape index (κ1) is 12.1. The highest BCUT2D eigenvalue weighted by atomic mass is 14.1. The van der Waals surface area contributed by atoms with Crippen LogP contribution in [-0.2, 0) is 0 Å². The molecule has 84 valence electrons. The molecule has 0 unspecified atom stereocenters. The van der Waals surface area contributed by atoms with E-state index in [0.29, 0.717) is 0 Å². The lowest BCUT2D eigenvalue weighted by Crippen LogP contribution is -1.85. The van der Waals surface area contributed by atoms with E-state index in [0.717, 1.165) is 5.92 Å². The van der Waals surface area contributed by atoms with Crippen molar-refractivity contribution in [3.63, 3.8) is 0 Å². The van der Waals surface area contributed by atoms with Crippen molar-refractivity contribution in [1.29, 1.82) is 0 Å². The molecule has 2 fully saturated rings. The van der Waals surface area contributed by atoms with E-state index in [2.05, 4.69) is 6.92 Å². The summed E-state index contributed by atoms with van der Waals surface area (Å²) < 4.78 is 0. The molecule has 0 spiro atoms. The molecule has 0 radical (unpaired) electrons. The van der Waals surface area contributed by atoms with Crippen LogP contribution in [0.3, 0.4) is 0 Å². The first-order chi connectivity index (χ1) is 6.89. The first-order valence-corrected chi connectivity index (χ1v) is 6.89. The Bertz CT molecular complexity index is 87.2. The first-order valence-electron chi connectivity index (χ1n) is 6.89. The van der Waals surface area contributed by atoms with Crippen LogP contribution in [0.15, 0.2) is 0 Å². The van der Waals surface area contributed by atoms with Gasteiger partial charge < -0.3 is 0 Å². The Balaban J connectivity index is 0.000000146. The van der Waals surface area contributed by atoms with Gasteiger partial charge in [-0.25, -0.2) is 0 Å². The second kappa shape index (κ2) is 8.32. The summed E-state index contributed by atoms with van der Waals surface area (Å²) >= 11 is 0. The molecule has 0 aliphatic heterocycles. The average molecular weight is 196 g/mol. The molecule has 0 amide bonds. The highest BCUT2D eigenvalue weighted by Crippen LogP contribution is 2.22. The third kappa shape index (κ3) is 6.45. The van der Waals surface area contributed by atoms with Gasteiger partial charge in [-0.2, -0.15) is 0 Å². The lowest BCUT2D eigenvalue weighted by atomic mass is 10.0. The standard InChI is InChI=1S/C8H16.C6H12/c1-2-4-6-8-7-5-3-1;1-6-4-2-3-5-6/h1-8H2;6H,2-5H2,1H3. The number of rotatable bonds is 0. The Morgan fingerprint density at radius 2 is 0.786 bits per heavy atom. The minimum atomic E-state index is 1.05. The molecule has 2 aliphatic carbocycles. The van der Waals surface area contributed by atoms with Crippen molar-refractivity contribution in [3.05, 3.63) is 0 Å². The van der Waals surface area contributed by atoms with Gasteiger partial charge in [-0.3, -0.25) is 0 Å². The second-order valence-corrected chi connectivity index (χ2v) is 5.22. The molecule has 0 N–H and O–H groups in total. The van der Waals surface area contributed by atoms with E-state index in [4.69, 9.17) is 0 Å². The molecule has 0 nitrogen and oxygen atoms in total. The van der Waals surface area contributed by atoms with E-state index in [1.54, 1.807) is 0 Å². The summed E-state index contributed by atoms with van der Waals surface area (Å²) in [5.74, 6) is 1.05. The molecule has 14 heavy (non-hydrogen) atoms. The van der Waals surface area contributed by atoms with Gasteiger partial charge in [0.1, 0.15) is 0 Å². The molecule has 0 aromatic heterocycles. The fourth-order valence-electron chi connectivity index (χ4n) is 2.54. The molecule has 0 bridgehead atoms. The summed E-state index contributed by atoms with van der Waals surface area (Å²) in [5.41, 5.74) is 0. The monoisotopic (exact) mass is 196 g/mol. The quantitative estimate of drug-likeness (QED) is 0.492. The lowest BCUT2D eigenvalue weighted by Gasteiger charge is -2.05. The van der Waals surface area contributed by atoms with E-state index in [1.807, 2.05) is 0 Å². The second-order valence-electron chi connectivity index (χ2n) is 5.22. The zero-order valence-electron chi connectivity index (χ0n) is 10.1. The van der Waals surface area contributed by atoms with Crippen LogP contribution in [-0.4, -0.2) is 0 Å². The molecule has 0 saturated heterocycles. The van der Waals surface area contributed by atoms with Gasteiger partial charge in [0.15, 0.2) is 0 Å². The molecule has 0 heterocycles. The Morgan fingerprint density at radius 3 is 0.929 bits per heavy atom. The Kier molecular flexibility index (Phi) is 7.17. The molecule has 0 atom stereocenters. The summed E-state index contributed by atoms with van der Waals surface area (Å²) in [6, 6.07) is 0. The van der Waals surface area contributed by atoms with Gasteiger partial charge in [-0.05, 0) is 5.92 Å². The molecular weight excluding hydrogens is 168 g/mol. The van der Waals surface area contributed by atoms with Crippen molar-refractivity contribution >= 4 is 0 Å². The third-order valence-electron chi connectivity index (χ3n) is 3.64. The third-order valence-corrected chi connectivity index (χ3v) is 3.64. The SMILES string of the molecule is C1CCCCCCC1.CC1CCCC1. The predicted molar refractivity (Wildman–Crippen MR) is 64.6 cm³/mol. The van der Waals surface area contributed by atoms with Crippen molar-refractivity contribution in [2.24, 2.45) is 5.92 Å². The van der Waals surface area contributed by atoms with E-state index in [1.165, 1.54) is 77.0 Å². The normalized spacial score (nSPS) is 24.6. The Hall–Kier alpha value is 0. The van der Waals surface area contributed by atoms with E-state index in [9.17, 15) is 0 Å². The van der Waals surface area contributed by atoms with Crippen LogP contribution < -0.4 is 0 Å². The predicted octanol–water partition coefficient (Wildman–Crippen LogP) is 5.32. The Labute approximate surface area is 90.5 Å². The maximum absolute atomic E-state index is 2.34. The maximum atomic E-state index is 2.34. The highest BCUT2D eigenvalue weighted by Gasteiger charge is 2.07. The molecule has 2 rings (SSSR count). The largest absolute Gasteiger partial charge is 0.0625 e. The van der Waals surface area contributed by atoms with E-state index >= 15 is 0 Å². The van der Waals surface area contributed by atoms with Crippen molar-refractivity contribution in [3.8, 4) is 0 Å². The van der Waals surface area contributed by atoms with Gasteiger partial charge in [-0.15, -0.1) is 0 Å². The summed E-state index contributed by atoms with van der Waals surface area (Å²) in [5, 5.41) is 0. The van der Waals surface area contributed by atoms with Gasteiger partial charge in [0.05, 0.1) is 0 Å². The fraction of sp³-hybridized carbons (Fsp3) is 1.00. The average Bonchev–Trinajstić information content (AvgIpc) is 2.55. The topological polar surface area (TPSA) is 0 Å². The van der Waals surface area contributed by atoms with Crippen molar-refractivity contribution < 1.29 is 0 Å². The molecule has 2 saturated carbocycles. The minimum absolute atomic E-state index is 1.05. The van der Waals surface area contributed by atoms with Crippen LogP contribution in [0.2, 0.25) is 0 Å². The van der Waals surface area contributed by atoms with Crippen LogP contribution in [0.1, 0.15) is 84.0 Å². The zero-order chi connectivity index (χ0) is 10.1. The molecule has 0 aromatic rings. The number of hydrogen-bond donors (Lipinski definition) is 0. The zero-order valence-corrected chi connectivity index (χ0v) is 10.1. The summed E-state index contributed by atoms with van der Waals surface area (Å²) in [7, 11) is 0. The van der Waals surface area contributed by atoms with Crippen LogP contribution in [0.25, 0.3) is 0 Å². The van der Waals surface area contributed by atoms with Gasteiger partial charge in [0.25, 0.3) is 0 Å². The maximum Gasteiger partial charge on any atom is -0.0443 e. The summed E-state index contributed by atoms with van der Waals surface area (Å²) in [6.07, 6.45) is 17.9. The van der Waals surface area contributed by atoms with Gasteiger partial charge >= 0.3 is 0 Å². The van der Waals surface area contributed by atoms with Crippen LogP contribution in [0.5, 0.6) is 0 Å². The number of hydrogen-bond acceptors (Lipinski definition) is 0. The van der Waals surface area contributed by atoms with Crippen molar-refractivity contribution in [2.75, 3.05) is 0 Å².